The van der Waals surface area contributed by atoms with Crippen molar-refractivity contribution in [2.45, 2.75) is 51.7 Å². The van der Waals surface area contributed by atoms with Gasteiger partial charge in [0.2, 0.25) is 5.91 Å². The largest absolute Gasteiger partial charge is 0.326 e. The van der Waals surface area contributed by atoms with E-state index in [9.17, 15) is 9.59 Å². The van der Waals surface area contributed by atoms with Gasteiger partial charge in [-0.15, -0.1) is 0 Å². The highest BCUT2D eigenvalue weighted by Crippen LogP contribution is 2.28. The monoisotopic (exact) mass is 371 g/mol. The van der Waals surface area contributed by atoms with Crippen LogP contribution in [0.1, 0.15) is 37.6 Å². The lowest BCUT2D eigenvalue weighted by Gasteiger charge is -2.26. The Morgan fingerprint density at radius 3 is 2.62 bits per heavy atom. The predicted octanol–water partition coefficient (Wildman–Crippen LogP) is 3.52. The Morgan fingerprint density at radius 2 is 1.96 bits per heavy atom. The van der Waals surface area contributed by atoms with Crippen molar-refractivity contribution < 1.29 is 4.79 Å². The second kappa shape index (κ2) is 6.91. The van der Waals surface area contributed by atoms with E-state index in [1.165, 1.54) is 17.3 Å². The molecule has 3 rings (SSSR count). The van der Waals surface area contributed by atoms with Crippen molar-refractivity contribution in [2.75, 3.05) is 11.1 Å². The van der Waals surface area contributed by atoms with E-state index in [4.69, 9.17) is 0 Å². The quantitative estimate of drug-likeness (QED) is 0.821. The van der Waals surface area contributed by atoms with Crippen LogP contribution in [-0.4, -0.2) is 21.2 Å². The molecule has 1 aromatic heterocycles. The Hall–Kier alpha value is -2.08. The van der Waals surface area contributed by atoms with Gasteiger partial charge < -0.3 is 5.32 Å². The van der Waals surface area contributed by atoms with Crippen molar-refractivity contribution >= 4 is 23.4 Å². The Kier molecular flexibility index (Phi) is 4.97. The molecule has 6 heteroatoms. The first-order valence-corrected chi connectivity index (χ1v) is 9.77. The molecule has 2 aromatic rings. The van der Waals surface area contributed by atoms with Crippen LogP contribution >= 0.6 is 11.8 Å². The summed E-state index contributed by atoms with van der Waals surface area (Å²) in [5.74, 6) is 0.309. The first-order valence-electron chi connectivity index (χ1n) is 8.78. The van der Waals surface area contributed by atoms with Gasteiger partial charge in [0.15, 0.2) is 5.16 Å². The van der Waals surface area contributed by atoms with Gasteiger partial charge in [-0.3, -0.25) is 14.2 Å². The summed E-state index contributed by atoms with van der Waals surface area (Å²) in [5, 5.41) is 3.68. The second-order valence-electron chi connectivity index (χ2n) is 7.92. The molecule has 0 aliphatic carbocycles. The molecule has 0 saturated carbocycles. The Morgan fingerprint density at radius 1 is 1.23 bits per heavy atom. The number of anilines is 1. The molecule has 1 N–H and O–H groups in total. The minimum atomic E-state index is -0.255. The molecular weight excluding hydrogens is 346 g/mol. The van der Waals surface area contributed by atoms with Gasteiger partial charge in [0, 0.05) is 29.5 Å². The number of carbonyl (C=O) groups is 1. The van der Waals surface area contributed by atoms with Crippen molar-refractivity contribution in [3.63, 3.8) is 0 Å². The van der Waals surface area contributed by atoms with Crippen molar-refractivity contribution in [1.29, 1.82) is 0 Å². The van der Waals surface area contributed by atoms with Crippen LogP contribution in [-0.2, 0) is 16.8 Å². The maximum Gasteiger partial charge on any atom is 0.254 e. The lowest BCUT2D eigenvalue weighted by Crippen LogP contribution is -2.37. The fourth-order valence-corrected chi connectivity index (χ4v) is 3.91. The summed E-state index contributed by atoms with van der Waals surface area (Å²) in [6, 6.07) is 7.47. The van der Waals surface area contributed by atoms with E-state index in [0.29, 0.717) is 17.5 Å². The number of nitrogens with zero attached hydrogens (tertiary/aromatic N) is 2. The van der Waals surface area contributed by atoms with Crippen LogP contribution in [0.3, 0.4) is 0 Å². The highest BCUT2D eigenvalue weighted by Gasteiger charge is 2.28. The number of hydrogen-bond acceptors (Lipinski definition) is 4. The van der Waals surface area contributed by atoms with E-state index in [0.717, 1.165) is 16.9 Å². The second-order valence-corrected chi connectivity index (χ2v) is 8.91. The van der Waals surface area contributed by atoms with Crippen LogP contribution in [0.2, 0.25) is 0 Å². The summed E-state index contributed by atoms with van der Waals surface area (Å²) in [5.41, 5.74) is 3.66. The summed E-state index contributed by atoms with van der Waals surface area (Å²) < 4.78 is 1.62. The van der Waals surface area contributed by atoms with E-state index < -0.39 is 0 Å². The zero-order valence-electron chi connectivity index (χ0n) is 15.9. The van der Waals surface area contributed by atoms with Crippen molar-refractivity contribution in [3.8, 4) is 0 Å². The van der Waals surface area contributed by atoms with Crippen molar-refractivity contribution in [3.05, 3.63) is 51.4 Å². The number of amides is 1. The van der Waals surface area contributed by atoms with E-state index >= 15 is 0 Å². The van der Waals surface area contributed by atoms with E-state index in [1.54, 1.807) is 10.6 Å². The number of aromatic nitrogens is 2. The standard InChI is InChI=1S/C20H25N3O2S/c1-12-6-7-15(8-13(12)2)21-18(25)14-10-23-17(24)9-16(20(3,4)5)22-19(23)26-11-14/h6-9,14H,10-11H2,1-5H3,(H,21,25). The van der Waals surface area contributed by atoms with Crippen LogP contribution in [0, 0.1) is 19.8 Å². The first kappa shape index (κ1) is 18.7. The van der Waals surface area contributed by atoms with E-state index in [-0.39, 0.29) is 22.8 Å². The topological polar surface area (TPSA) is 64.0 Å². The normalized spacial score (nSPS) is 16.9. The molecule has 2 heterocycles. The zero-order chi connectivity index (χ0) is 19.1. The highest BCUT2D eigenvalue weighted by molar-refractivity contribution is 7.99. The molecule has 1 aliphatic heterocycles. The highest BCUT2D eigenvalue weighted by atomic mass is 32.2. The maximum atomic E-state index is 12.7. The predicted molar refractivity (Wildman–Crippen MR) is 106 cm³/mol. The molecule has 1 atom stereocenters. The molecule has 0 radical (unpaired) electrons. The molecule has 5 nitrogen and oxygen atoms in total. The average Bonchev–Trinajstić information content (AvgIpc) is 2.57. The fourth-order valence-electron chi connectivity index (χ4n) is 2.82. The van der Waals surface area contributed by atoms with Gasteiger partial charge in [-0.2, -0.15) is 0 Å². The van der Waals surface area contributed by atoms with Crippen molar-refractivity contribution in [1.82, 2.24) is 9.55 Å². The van der Waals surface area contributed by atoms with Crippen LogP contribution in [0.5, 0.6) is 0 Å². The molecule has 1 amide bonds. The zero-order valence-corrected chi connectivity index (χ0v) is 16.7. The summed E-state index contributed by atoms with van der Waals surface area (Å²) in [4.78, 5) is 29.8. The van der Waals surface area contributed by atoms with Gasteiger partial charge in [0.05, 0.1) is 11.6 Å². The number of hydrogen-bond donors (Lipinski definition) is 1. The molecule has 0 fully saturated rings. The van der Waals surface area contributed by atoms with Gasteiger partial charge in [-0.05, 0) is 37.1 Å². The van der Waals surface area contributed by atoms with Crippen molar-refractivity contribution in [2.24, 2.45) is 5.92 Å². The molecule has 0 spiro atoms. The number of carbonyl (C=O) groups excluding carboxylic acids is 1. The lowest BCUT2D eigenvalue weighted by molar-refractivity contribution is -0.119. The third-order valence-electron chi connectivity index (χ3n) is 4.70. The fraction of sp³-hybridized carbons (Fsp3) is 0.450. The molecular formula is C20H25N3O2S. The smallest absolute Gasteiger partial charge is 0.254 e. The Bertz CT molecular complexity index is 912. The first-order chi connectivity index (χ1) is 12.1. The lowest BCUT2D eigenvalue weighted by atomic mass is 9.92. The Labute approximate surface area is 158 Å². The van der Waals surface area contributed by atoms with Crippen LogP contribution in [0.4, 0.5) is 5.69 Å². The van der Waals surface area contributed by atoms with Gasteiger partial charge >= 0.3 is 0 Å². The summed E-state index contributed by atoms with van der Waals surface area (Å²) >= 11 is 1.48. The molecule has 1 aliphatic rings. The summed E-state index contributed by atoms with van der Waals surface area (Å²) in [7, 11) is 0. The molecule has 1 unspecified atom stereocenters. The molecule has 26 heavy (non-hydrogen) atoms. The molecule has 0 bridgehead atoms. The third kappa shape index (κ3) is 3.85. The number of aryl methyl sites for hydroxylation is 2. The number of rotatable bonds is 2. The number of benzene rings is 1. The van der Waals surface area contributed by atoms with Crippen LogP contribution < -0.4 is 10.9 Å². The van der Waals surface area contributed by atoms with E-state index in [1.807, 2.05) is 52.8 Å². The average molecular weight is 372 g/mol. The molecule has 138 valence electrons. The number of fused-ring (bicyclic) bond motifs is 1. The summed E-state index contributed by atoms with van der Waals surface area (Å²) in [6.07, 6.45) is 0. The van der Waals surface area contributed by atoms with E-state index in [2.05, 4.69) is 10.3 Å². The van der Waals surface area contributed by atoms with Gasteiger partial charge in [0.1, 0.15) is 0 Å². The minimum absolute atomic E-state index is 0.0572. The Balaban J connectivity index is 1.78. The molecule has 1 aromatic carbocycles. The van der Waals surface area contributed by atoms with Crippen LogP contribution in [0.15, 0.2) is 34.2 Å². The summed E-state index contributed by atoms with van der Waals surface area (Å²) in [6.45, 7) is 10.6. The number of thioether (sulfide) groups is 1. The third-order valence-corrected chi connectivity index (χ3v) is 5.84. The minimum Gasteiger partial charge on any atom is -0.326 e. The SMILES string of the molecule is Cc1ccc(NC(=O)C2CSc3nc(C(C)(C)C)cc(=O)n3C2)cc1C. The maximum absolute atomic E-state index is 12.7. The van der Waals surface area contributed by atoms with Gasteiger partial charge in [-0.25, -0.2) is 4.98 Å². The number of nitrogens with one attached hydrogen (secondary N) is 1. The molecule has 0 saturated heterocycles. The van der Waals surface area contributed by atoms with Gasteiger partial charge in [0.25, 0.3) is 5.56 Å². The van der Waals surface area contributed by atoms with Crippen LogP contribution in [0.25, 0.3) is 0 Å². The van der Waals surface area contributed by atoms with Gasteiger partial charge in [-0.1, -0.05) is 38.6 Å².